The van der Waals surface area contributed by atoms with Gasteiger partial charge in [0, 0.05) is 26.2 Å². The fourth-order valence-corrected chi connectivity index (χ4v) is 4.64. The summed E-state index contributed by atoms with van der Waals surface area (Å²) in [6.07, 6.45) is 2.74. The third kappa shape index (κ3) is 5.75. The van der Waals surface area contributed by atoms with Crippen molar-refractivity contribution in [3.63, 3.8) is 0 Å². The van der Waals surface area contributed by atoms with E-state index in [4.69, 9.17) is 4.74 Å². The second-order valence-corrected chi connectivity index (χ2v) is 10.1. The van der Waals surface area contributed by atoms with Crippen LogP contribution in [-0.4, -0.2) is 59.7 Å². The lowest BCUT2D eigenvalue weighted by Crippen LogP contribution is -2.41. The van der Waals surface area contributed by atoms with Crippen molar-refractivity contribution in [2.24, 2.45) is 0 Å². The molecule has 0 bridgehead atoms. The molecule has 1 saturated heterocycles. The molecule has 0 saturated carbocycles. The number of nitrogens with zero attached hydrogens (tertiary/aromatic N) is 1. The first-order valence-corrected chi connectivity index (χ1v) is 11.6. The van der Waals surface area contributed by atoms with E-state index in [2.05, 4.69) is 4.72 Å². The molecule has 1 aromatic rings. The quantitative estimate of drug-likeness (QED) is 0.715. The van der Waals surface area contributed by atoms with Crippen LogP contribution in [0.3, 0.4) is 0 Å². The van der Waals surface area contributed by atoms with Crippen LogP contribution in [0.4, 0.5) is 0 Å². The van der Waals surface area contributed by atoms with E-state index >= 15 is 0 Å². The lowest BCUT2D eigenvalue weighted by atomic mass is 10.1. The molecule has 2 rings (SSSR count). The van der Waals surface area contributed by atoms with Gasteiger partial charge in [-0.05, 0) is 49.9 Å². The molecule has 1 heterocycles. The zero-order valence-corrected chi connectivity index (χ0v) is 16.5. The summed E-state index contributed by atoms with van der Waals surface area (Å²) in [6, 6.07) is 4.91. The van der Waals surface area contributed by atoms with Crippen molar-refractivity contribution in [1.82, 2.24) is 9.03 Å². The summed E-state index contributed by atoms with van der Waals surface area (Å²) in [5, 5.41) is 0. The van der Waals surface area contributed by atoms with Gasteiger partial charge in [-0.2, -0.15) is 4.31 Å². The highest BCUT2D eigenvalue weighted by Gasteiger charge is 2.25. The molecule has 25 heavy (non-hydrogen) atoms. The van der Waals surface area contributed by atoms with Crippen molar-refractivity contribution < 1.29 is 21.6 Å². The van der Waals surface area contributed by atoms with Crippen molar-refractivity contribution in [2.45, 2.75) is 37.7 Å². The first kappa shape index (κ1) is 20.3. The minimum absolute atomic E-state index is 0.00898. The van der Waals surface area contributed by atoms with Crippen molar-refractivity contribution in [2.75, 3.05) is 32.5 Å². The number of hydrogen-bond donors (Lipinski definition) is 1. The molecule has 9 heteroatoms. The highest BCUT2D eigenvalue weighted by Crippen LogP contribution is 2.16. The minimum Gasteiger partial charge on any atom is -0.377 e. The Hall–Kier alpha value is -1.00. The molecule has 1 aromatic carbocycles. The van der Waals surface area contributed by atoms with E-state index in [0.29, 0.717) is 6.61 Å². The smallest absolute Gasteiger partial charge is 0.240 e. The summed E-state index contributed by atoms with van der Waals surface area (Å²) in [5.74, 6) is 0. The van der Waals surface area contributed by atoms with Gasteiger partial charge in [0.25, 0.3) is 0 Å². The van der Waals surface area contributed by atoms with Crippen LogP contribution in [-0.2, 0) is 24.8 Å². The zero-order chi connectivity index (χ0) is 18.7. The summed E-state index contributed by atoms with van der Waals surface area (Å²) in [4.78, 5) is 0.181. The predicted octanol–water partition coefficient (Wildman–Crippen LogP) is 1.02. The van der Waals surface area contributed by atoms with Crippen LogP contribution >= 0.6 is 0 Å². The number of sulfonamides is 2. The third-order valence-electron chi connectivity index (χ3n) is 4.34. The highest BCUT2D eigenvalue weighted by atomic mass is 32.2. The fourth-order valence-electron chi connectivity index (χ4n) is 2.68. The van der Waals surface area contributed by atoms with Crippen LogP contribution < -0.4 is 4.72 Å². The average molecular weight is 391 g/mol. The Kier molecular flexibility index (Phi) is 6.61. The second kappa shape index (κ2) is 8.13. The Labute approximate surface area is 150 Å². The van der Waals surface area contributed by atoms with Gasteiger partial charge in [-0.1, -0.05) is 6.07 Å². The highest BCUT2D eigenvalue weighted by molar-refractivity contribution is 7.89. The molecule has 1 fully saturated rings. The molecule has 0 aromatic heterocycles. The van der Waals surface area contributed by atoms with Crippen LogP contribution in [0.5, 0.6) is 0 Å². The van der Waals surface area contributed by atoms with E-state index in [1.165, 1.54) is 4.31 Å². The molecular formula is C16H26N2O5S2. The van der Waals surface area contributed by atoms with Crippen molar-refractivity contribution in [3.05, 3.63) is 29.3 Å². The van der Waals surface area contributed by atoms with Crippen molar-refractivity contribution in [3.8, 4) is 0 Å². The maximum Gasteiger partial charge on any atom is 0.240 e. The molecule has 1 N–H and O–H groups in total. The predicted molar refractivity (Wildman–Crippen MR) is 96.5 cm³/mol. The molecule has 0 aliphatic carbocycles. The molecule has 0 spiro atoms. The molecule has 1 aliphatic rings. The van der Waals surface area contributed by atoms with Gasteiger partial charge in [0.15, 0.2) is 0 Å². The molecular weight excluding hydrogens is 364 g/mol. The van der Waals surface area contributed by atoms with Gasteiger partial charge in [-0.25, -0.2) is 21.6 Å². The number of benzene rings is 1. The van der Waals surface area contributed by atoms with Crippen LogP contribution in [0.25, 0.3) is 0 Å². The number of aryl methyl sites for hydroxylation is 2. The van der Waals surface area contributed by atoms with Crippen LogP contribution in [0.2, 0.25) is 0 Å². The Morgan fingerprint density at radius 1 is 1.20 bits per heavy atom. The zero-order valence-electron chi connectivity index (χ0n) is 14.9. The maximum absolute atomic E-state index is 12.4. The molecule has 1 aliphatic heterocycles. The standard InChI is InChI=1S/C16H26N2O5S2/c1-13-6-7-16(11-14(13)2)25(21,22)17-8-9-18(24(3,19)20)12-15-5-4-10-23-15/h6-7,11,15,17H,4-5,8-10,12H2,1-3H3. The summed E-state index contributed by atoms with van der Waals surface area (Å²) in [6.45, 7) is 4.74. The van der Waals surface area contributed by atoms with Crippen LogP contribution in [0.15, 0.2) is 23.1 Å². The van der Waals surface area contributed by atoms with E-state index in [1.54, 1.807) is 18.2 Å². The van der Waals surface area contributed by atoms with Gasteiger partial charge in [0.05, 0.1) is 17.3 Å². The SMILES string of the molecule is Cc1ccc(S(=O)(=O)NCCN(CC2CCCO2)S(C)(=O)=O)cc1C. The number of nitrogens with one attached hydrogen (secondary N) is 1. The lowest BCUT2D eigenvalue weighted by Gasteiger charge is -2.23. The molecule has 7 nitrogen and oxygen atoms in total. The van der Waals surface area contributed by atoms with Crippen LogP contribution in [0.1, 0.15) is 24.0 Å². The third-order valence-corrected chi connectivity index (χ3v) is 7.07. The first-order valence-electron chi connectivity index (χ1n) is 8.23. The van der Waals surface area contributed by atoms with E-state index < -0.39 is 20.0 Å². The summed E-state index contributed by atoms with van der Waals surface area (Å²) < 4.78 is 57.8. The number of ether oxygens (including phenoxy) is 1. The summed E-state index contributed by atoms with van der Waals surface area (Å²) in [7, 11) is -7.10. The van der Waals surface area contributed by atoms with Crippen molar-refractivity contribution >= 4 is 20.0 Å². The van der Waals surface area contributed by atoms with Gasteiger partial charge in [-0.15, -0.1) is 0 Å². The monoisotopic (exact) mass is 390 g/mol. The van der Waals surface area contributed by atoms with Gasteiger partial charge < -0.3 is 4.74 Å². The van der Waals surface area contributed by atoms with Gasteiger partial charge >= 0.3 is 0 Å². The lowest BCUT2D eigenvalue weighted by molar-refractivity contribution is 0.0943. The van der Waals surface area contributed by atoms with Gasteiger partial charge in [0.1, 0.15) is 0 Å². The summed E-state index contributed by atoms with van der Waals surface area (Å²) >= 11 is 0. The number of hydrogen-bond acceptors (Lipinski definition) is 5. The van der Waals surface area contributed by atoms with E-state index in [1.807, 2.05) is 13.8 Å². The molecule has 1 atom stereocenters. The topological polar surface area (TPSA) is 92.8 Å². The molecule has 1 unspecified atom stereocenters. The van der Waals surface area contributed by atoms with E-state index in [0.717, 1.165) is 30.2 Å². The molecule has 0 radical (unpaired) electrons. The molecule has 142 valence electrons. The van der Waals surface area contributed by atoms with Gasteiger partial charge in [0.2, 0.25) is 20.0 Å². The normalized spacial score (nSPS) is 18.8. The Bertz CT molecular complexity index is 800. The largest absolute Gasteiger partial charge is 0.377 e. The molecule has 0 amide bonds. The first-order chi connectivity index (χ1) is 11.6. The number of rotatable bonds is 8. The van der Waals surface area contributed by atoms with E-state index in [9.17, 15) is 16.8 Å². The van der Waals surface area contributed by atoms with Crippen molar-refractivity contribution in [1.29, 1.82) is 0 Å². The van der Waals surface area contributed by atoms with Gasteiger partial charge in [-0.3, -0.25) is 0 Å². The fraction of sp³-hybridized carbons (Fsp3) is 0.625. The maximum atomic E-state index is 12.4. The average Bonchev–Trinajstić information content (AvgIpc) is 3.01. The van der Waals surface area contributed by atoms with E-state index in [-0.39, 0.29) is 30.6 Å². The minimum atomic E-state index is -3.67. The Balaban J connectivity index is 1.98. The Morgan fingerprint density at radius 2 is 1.92 bits per heavy atom. The van der Waals surface area contributed by atoms with Crippen LogP contribution in [0, 0.1) is 13.8 Å². The second-order valence-electron chi connectivity index (χ2n) is 6.40. The Morgan fingerprint density at radius 3 is 2.48 bits per heavy atom. The summed E-state index contributed by atoms with van der Waals surface area (Å²) in [5.41, 5.74) is 1.90.